The average molecular weight is 275 g/mol. The molecule has 3 nitrogen and oxygen atoms in total. The summed E-state index contributed by atoms with van der Waals surface area (Å²) in [5, 5.41) is 11.2. The van der Waals surface area contributed by atoms with Crippen LogP contribution in [0.25, 0.3) is 10.6 Å². The van der Waals surface area contributed by atoms with Crippen molar-refractivity contribution in [2.45, 2.75) is 33.1 Å². The normalized spacial score (nSPS) is 11.6. The molecule has 0 aliphatic heterocycles. The zero-order valence-corrected chi connectivity index (χ0v) is 12.3. The monoisotopic (exact) mass is 275 g/mol. The predicted octanol–water partition coefficient (Wildman–Crippen LogP) is 4.11. The van der Waals surface area contributed by atoms with E-state index in [1.807, 2.05) is 13.0 Å². The molecule has 2 rings (SSSR count). The third-order valence-corrected chi connectivity index (χ3v) is 3.92. The molecule has 0 aliphatic carbocycles. The Bertz CT molecular complexity index is 623. The highest BCUT2D eigenvalue weighted by Crippen LogP contribution is 2.31. The molecular formula is C15H17NO2S. The summed E-state index contributed by atoms with van der Waals surface area (Å²) in [6.45, 7) is 8.56. The van der Waals surface area contributed by atoms with Crippen molar-refractivity contribution in [1.82, 2.24) is 4.98 Å². The van der Waals surface area contributed by atoms with E-state index in [2.05, 4.69) is 37.9 Å². The molecule has 1 N–H and O–H groups in total. The van der Waals surface area contributed by atoms with E-state index in [0.717, 1.165) is 16.1 Å². The molecule has 0 amide bonds. The maximum Gasteiger partial charge on any atom is 0.355 e. The summed E-state index contributed by atoms with van der Waals surface area (Å²) >= 11 is 1.37. The van der Waals surface area contributed by atoms with Gasteiger partial charge in [0.15, 0.2) is 5.69 Å². The quantitative estimate of drug-likeness (QED) is 0.897. The average Bonchev–Trinajstić information content (AvgIpc) is 2.76. The maximum absolute atomic E-state index is 10.9. The van der Waals surface area contributed by atoms with Crippen molar-refractivity contribution in [3.8, 4) is 10.6 Å². The predicted molar refractivity (Wildman–Crippen MR) is 77.9 cm³/mol. The second-order valence-corrected chi connectivity index (χ2v) is 6.48. The van der Waals surface area contributed by atoms with Crippen LogP contribution in [0.1, 0.15) is 42.4 Å². The largest absolute Gasteiger partial charge is 0.476 e. The van der Waals surface area contributed by atoms with Gasteiger partial charge >= 0.3 is 5.97 Å². The molecule has 100 valence electrons. The number of aryl methyl sites for hydroxylation is 1. The third-order valence-electron chi connectivity index (χ3n) is 3.05. The lowest BCUT2D eigenvalue weighted by Gasteiger charge is -2.20. The van der Waals surface area contributed by atoms with E-state index in [4.69, 9.17) is 5.11 Å². The fraction of sp³-hybridized carbons (Fsp3) is 0.333. The maximum atomic E-state index is 10.9. The lowest BCUT2D eigenvalue weighted by Crippen LogP contribution is -2.11. The van der Waals surface area contributed by atoms with Crippen LogP contribution in [0.15, 0.2) is 23.6 Å². The fourth-order valence-electron chi connectivity index (χ4n) is 1.87. The Hall–Kier alpha value is -1.68. The molecule has 1 aromatic carbocycles. The van der Waals surface area contributed by atoms with E-state index in [0.29, 0.717) is 0 Å². The van der Waals surface area contributed by atoms with E-state index in [1.165, 1.54) is 16.9 Å². The molecule has 0 saturated heterocycles. The minimum absolute atomic E-state index is 0.110. The number of carboxylic acids is 1. The Morgan fingerprint density at radius 1 is 1.32 bits per heavy atom. The van der Waals surface area contributed by atoms with Crippen LogP contribution in [0.3, 0.4) is 0 Å². The van der Waals surface area contributed by atoms with E-state index in [1.54, 1.807) is 5.38 Å². The second kappa shape index (κ2) is 4.78. The zero-order chi connectivity index (χ0) is 14.2. The van der Waals surface area contributed by atoms with Gasteiger partial charge < -0.3 is 5.11 Å². The summed E-state index contributed by atoms with van der Waals surface area (Å²) in [7, 11) is 0. The van der Waals surface area contributed by atoms with Crippen molar-refractivity contribution in [3.63, 3.8) is 0 Å². The number of carboxylic acid groups (broad SMARTS) is 1. The van der Waals surface area contributed by atoms with Crippen LogP contribution in [-0.4, -0.2) is 16.1 Å². The standard InChI is InChI=1S/C15H17NO2S/c1-9-7-10(15(2,3)4)5-6-11(9)13-16-12(8-19-13)14(17)18/h5-8H,1-4H3,(H,17,18). The van der Waals surface area contributed by atoms with Gasteiger partial charge in [0.05, 0.1) is 0 Å². The highest BCUT2D eigenvalue weighted by molar-refractivity contribution is 7.13. The first-order chi connectivity index (χ1) is 8.79. The van der Waals surface area contributed by atoms with Crippen LogP contribution in [0, 0.1) is 6.92 Å². The molecule has 19 heavy (non-hydrogen) atoms. The topological polar surface area (TPSA) is 50.2 Å². The number of carbonyl (C=O) groups is 1. The van der Waals surface area contributed by atoms with Gasteiger partial charge in [-0.15, -0.1) is 11.3 Å². The third kappa shape index (κ3) is 2.84. The van der Waals surface area contributed by atoms with Gasteiger partial charge in [-0.3, -0.25) is 0 Å². The Morgan fingerprint density at radius 2 is 2.00 bits per heavy atom. The first-order valence-corrected chi connectivity index (χ1v) is 6.97. The number of aromatic carboxylic acids is 1. The first kappa shape index (κ1) is 13.7. The lowest BCUT2D eigenvalue weighted by molar-refractivity contribution is 0.0691. The summed E-state index contributed by atoms with van der Waals surface area (Å²) in [6.07, 6.45) is 0. The van der Waals surface area contributed by atoms with Gasteiger partial charge in [-0.1, -0.05) is 39.0 Å². The molecule has 0 unspecified atom stereocenters. The Balaban J connectivity index is 2.43. The van der Waals surface area contributed by atoms with E-state index < -0.39 is 5.97 Å². The van der Waals surface area contributed by atoms with Crippen molar-refractivity contribution in [1.29, 1.82) is 0 Å². The van der Waals surface area contributed by atoms with Gasteiger partial charge in [-0.25, -0.2) is 9.78 Å². The molecule has 0 saturated carbocycles. The van der Waals surface area contributed by atoms with Crippen molar-refractivity contribution >= 4 is 17.3 Å². The fourth-order valence-corrected chi connectivity index (χ4v) is 2.75. The SMILES string of the molecule is Cc1cc(C(C)(C)C)ccc1-c1nc(C(=O)O)cs1. The van der Waals surface area contributed by atoms with Crippen molar-refractivity contribution in [3.05, 3.63) is 40.4 Å². The van der Waals surface area contributed by atoms with Crippen LogP contribution >= 0.6 is 11.3 Å². The molecule has 1 heterocycles. The number of hydrogen-bond acceptors (Lipinski definition) is 3. The highest BCUT2D eigenvalue weighted by Gasteiger charge is 2.16. The molecule has 1 aromatic heterocycles. The highest BCUT2D eigenvalue weighted by atomic mass is 32.1. The molecule has 0 atom stereocenters. The number of benzene rings is 1. The molecule has 0 aliphatic rings. The van der Waals surface area contributed by atoms with Crippen LogP contribution < -0.4 is 0 Å². The van der Waals surface area contributed by atoms with Crippen molar-refractivity contribution < 1.29 is 9.90 Å². The van der Waals surface area contributed by atoms with Gasteiger partial charge in [0, 0.05) is 10.9 Å². The van der Waals surface area contributed by atoms with Gasteiger partial charge in [-0.2, -0.15) is 0 Å². The van der Waals surface area contributed by atoms with Gasteiger partial charge in [0.25, 0.3) is 0 Å². The summed E-state index contributed by atoms with van der Waals surface area (Å²) in [5.74, 6) is -0.980. The molecule has 0 radical (unpaired) electrons. The minimum Gasteiger partial charge on any atom is -0.476 e. The van der Waals surface area contributed by atoms with Crippen molar-refractivity contribution in [2.24, 2.45) is 0 Å². The number of aromatic nitrogens is 1. The van der Waals surface area contributed by atoms with Crippen LogP contribution in [0.4, 0.5) is 0 Å². The Labute approximate surface area is 116 Å². The number of thiazole rings is 1. The second-order valence-electron chi connectivity index (χ2n) is 5.62. The number of rotatable bonds is 2. The van der Waals surface area contributed by atoms with Gasteiger partial charge in [0.2, 0.25) is 0 Å². The molecule has 2 aromatic rings. The zero-order valence-electron chi connectivity index (χ0n) is 11.5. The van der Waals surface area contributed by atoms with Gasteiger partial charge in [0.1, 0.15) is 5.01 Å². The van der Waals surface area contributed by atoms with Gasteiger partial charge in [-0.05, 0) is 23.5 Å². The molecular weight excluding hydrogens is 258 g/mol. The summed E-state index contributed by atoms with van der Waals surface area (Å²) in [5.41, 5.74) is 3.62. The molecule has 4 heteroatoms. The van der Waals surface area contributed by atoms with E-state index in [-0.39, 0.29) is 11.1 Å². The van der Waals surface area contributed by atoms with Crippen LogP contribution in [-0.2, 0) is 5.41 Å². The number of nitrogens with zero attached hydrogens (tertiary/aromatic N) is 1. The van der Waals surface area contributed by atoms with E-state index >= 15 is 0 Å². The van der Waals surface area contributed by atoms with E-state index in [9.17, 15) is 4.79 Å². The molecule has 0 bridgehead atoms. The van der Waals surface area contributed by atoms with Crippen LogP contribution in [0.2, 0.25) is 0 Å². The Morgan fingerprint density at radius 3 is 2.47 bits per heavy atom. The summed E-state index contributed by atoms with van der Waals surface area (Å²) in [4.78, 5) is 15.0. The minimum atomic E-state index is -0.980. The van der Waals surface area contributed by atoms with Crippen molar-refractivity contribution in [2.75, 3.05) is 0 Å². The summed E-state index contributed by atoms with van der Waals surface area (Å²) in [6, 6.07) is 6.27. The molecule has 0 spiro atoms. The summed E-state index contributed by atoms with van der Waals surface area (Å²) < 4.78 is 0. The molecule has 0 fully saturated rings. The number of hydrogen-bond donors (Lipinski definition) is 1. The Kier molecular flexibility index (Phi) is 3.45. The first-order valence-electron chi connectivity index (χ1n) is 6.09. The smallest absolute Gasteiger partial charge is 0.355 e. The lowest BCUT2D eigenvalue weighted by atomic mass is 9.85. The van der Waals surface area contributed by atoms with Crippen LogP contribution in [0.5, 0.6) is 0 Å².